The Kier molecular flexibility index (Phi) is 4.10. The largest absolute Gasteiger partial charge is 0.467 e. The Morgan fingerprint density at radius 1 is 1.21 bits per heavy atom. The van der Waals surface area contributed by atoms with Crippen molar-refractivity contribution < 1.29 is 9.13 Å². The number of nitrogens with zero attached hydrogens (tertiary/aromatic N) is 3. The first-order valence-corrected chi connectivity index (χ1v) is 6.11. The van der Waals surface area contributed by atoms with E-state index in [4.69, 9.17) is 4.74 Å². The molecule has 2 rings (SSSR count). The van der Waals surface area contributed by atoms with E-state index >= 15 is 0 Å². The van der Waals surface area contributed by atoms with Gasteiger partial charge in [0.1, 0.15) is 5.82 Å². The van der Waals surface area contributed by atoms with Crippen LogP contribution in [0.5, 0.6) is 6.01 Å². The van der Waals surface area contributed by atoms with E-state index in [1.54, 1.807) is 13.1 Å². The van der Waals surface area contributed by atoms with Gasteiger partial charge < -0.3 is 15.4 Å². The molecule has 0 unspecified atom stereocenters. The molecule has 0 aliphatic carbocycles. The van der Waals surface area contributed by atoms with Gasteiger partial charge >= 0.3 is 6.01 Å². The average molecular weight is 328 g/mol. The van der Waals surface area contributed by atoms with Crippen LogP contribution in [0.1, 0.15) is 0 Å². The number of benzene rings is 1. The van der Waals surface area contributed by atoms with Gasteiger partial charge in [0.15, 0.2) is 0 Å². The fraction of sp³-hybridized carbons (Fsp3) is 0.182. The number of ether oxygens (including phenoxy) is 1. The molecule has 0 fully saturated rings. The standard InChI is InChI=1S/C11H11BrFN5O/c1-14-9-16-10(18-11(17-9)19-2)15-8-4-3-6(13)5-7(8)12/h3-5H,1-2H3,(H2,14,15,16,17,18). The molecule has 1 aromatic heterocycles. The van der Waals surface area contributed by atoms with E-state index in [1.165, 1.54) is 19.2 Å². The maximum absolute atomic E-state index is 13.0. The summed E-state index contributed by atoms with van der Waals surface area (Å²) in [5, 5.41) is 5.75. The minimum atomic E-state index is -0.332. The average Bonchev–Trinajstić information content (AvgIpc) is 2.41. The number of nitrogens with one attached hydrogen (secondary N) is 2. The highest BCUT2D eigenvalue weighted by atomic mass is 79.9. The van der Waals surface area contributed by atoms with Gasteiger partial charge in [0.25, 0.3) is 0 Å². The smallest absolute Gasteiger partial charge is 0.322 e. The summed E-state index contributed by atoms with van der Waals surface area (Å²) in [6, 6.07) is 4.44. The molecular formula is C11H11BrFN5O. The molecule has 1 heterocycles. The second-order valence-electron chi connectivity index (χ2n) is 3.47. The van der Waals surface area contributed by atoms with Crippen LogP contribution in [-0.4, -0.2) is 29.1 Å². The van der Waals surface area contributed by atoms with E-state index in [0.717, 1.165) is 0 Å². The molecule has 0 amide bonds. The molecule has 6 nitrogen and oxygen atoms in total. The monoisotopic (exact) mass is 327 g/mol. The summed E-state index contributed by atoms with van der Waals surface area (Å²) in [4.78, 5) is 12.1. The van der Waals surface area contributed by atoms with Crippen LogP contribution in [0.3, 0.4) is 0 Å². The van der Waals surface area contributed by atoms with E-state index in [1.807, 2.05) is 0 Å². The topological polar surface area (TPSA) is 72.0 Å². The zero-order chi connectivity index (χ0) is 13.8. The number of hydrogen-bond donors (Lipinski definition) is 2. The third-order valence-corrected chi connectivity index (χ3v) is 2.85. The van der Waals surface area contributed by atoms with Crippen LogP contribution in [0.2, 0.25) is 0 Å². The molecule has 0 bridgehead atoms. The molecule has 2 N–H and O–H groups in total. The van der Waals surface area contributed by atoms with E-state index in [2.05, 4.69) is 41.5 Å². The second kappa shape index (κ2) is 5.79. The molecule has 1 aromatic carbocycles. The van der Waals surface area contributed by atoms with Crippen molar-refractivity contribution in [1.29, 1.82) is 0 Å². The van der Waals surface area contributed by atoms with Crippen molar-refractivity contribution in [2.75, 3.05) is 24.8 Å². The highest BCUT2D eigenvalue weighted by molar-refractivity contribution is 9.10. The Morgan fingerprint density at radius 2 is 1.95 bits per heavy atom. The summed E-state index contributed by atoms with van der Waals surface area (Å²) in [5.74, 6) is 0.331. The maximum Gasteiger partial charge on any atom is 0.322 e. The Labute approximate surface area is 117 Å². The van der Waals surface area contributed by atoms with Crippen LogP contribution in [-0.2, 0) is 0 Å². The van der Waals surface area contributed by atoms with E-state index in [-0.39, 0.29) is 11.8 Å². The van der Waals surface area contributed by atoms with Crippen molar-refractivity contribution in [2.24, 2.45) is 0 Å². The molecule has 100 valence electrons. The molecule has 0 radical (unpaired) electrons. The number of aromatic nitrogens is 3. The van der Waals surface area contributed by atoms with Crippen LogP contribution < -0.4 is 15.4 Å². The fourth-order valence-electron chi connectivity index (χ4n) is 1.33. The molecular weight excluding hydrogens is 317 g/mol. The third kappa shape index (κ3) is 3.28. The number of rotatable bonds is 4. The number of hydrogen-bond acceptors (Lipinski definition) is 6. The molecule has 0 saturated heterocycles. The summed E-state index contributed by atoms with van der Waals surface area (Å²) in [6.07, 6.45) is 0. The molecule has 0 aliphatic rings. The Morgan fingerprint density at radius 3 is 2.58 bits per heavy atom. The highest BCUT2D eigenvalue weighted by Crippen LogP contribution is 2.25. The SMILES string of the molecule is CNc1nc(Nc2ccc(F)cc2Br)nc(OC)n1. The lowest BCUT2D eigenvalue weighted by atomic mass is 10.3. The summed E-state index contributed by atoms with van der Waals surface area (Å²) in [7, 11) is 3.15. The van der Waals surface area contributed by atoms with Gasteiger partial charge in [-0.05, 0) is 34.1 Å². The van der Waals surface area contributed by atoms with Gasteiger partial charge in [-0.25, -0.2) is 4.39 Å². The second-order valence-corrected chi connectivity index (χ2v) is 4.32. The van der Waals surface area contributed by atoms with Crippen molar-refractivity contribution in [3.05, 3.63) is 28.5 Å². The fourth-order valence-corrected chi connectivity index (χ4v) is 1.78. The van der Waals surface area contributed by atoms with Gasteiger partial charge in [-0.15, -0.1) is 0 Å². The molecule has 19 heavy (non-hydrogen) atoms. The van der Waals surface area contributed by atoms with Gasteiger partial charge in [0, 0.05) is 11.5 Å². The lowest BCUT2D eigenvalue weighted by Gasteiger charge is -2.09. The number of halogens is 2. The van der Waals surface area contributed by atoms with E-state index < -0.39 is 0 Å². The summed E-state index contributed by atoms with van der Waals surface area (Å²) >= 11 is 3.26. The predicted octanol–water partition coefficient (Wildman–Crippen LogP) is 2.57. The first-order valence-electron chi connectivity index (χ1n) is 5.32. The molecule has 0 atom stereocenters. The Balaban J connectivity index is 2.31. The third-order valence-electron chi connectivity index (χ3n) is 2.20. The molecule has 2 aromatic rings. The van der Waals surface area contributed by atoms with Gasteiger partial charge in [-0.2, -0.15) is 15.0 Å². The van der Waals surface area contributed by atoms with Crippen molar-refractivity contribution in [1.82, 2.24) is 15.0 Å². The maximum atomic E-state index is 13.0. The minimum absolute atomic E-state index is 0.181. The van der Waals surface area contributed by atoms with E-state index in [0.29, 0.717) is 22.1 Å². The first-order chi connectivity index (χ1) is 9.12. The van der Waals surface area contributed by atoms with Crippen molar-refractivity contribution in [3.8, 4) is 6.01 Å². The van der Waals surface area contributed by atoms with Crippen LogP contribution >= 0.6 is 15.9 Å². The predicted molar refractivity (Wildman–Crippen MR) is 73.3 cm³/mol. The molecule has 8 heteroatoms. The Hall–Kier alpha value is -1.96. The first kappa shape index (κ1) is 13.5. The van der Waals surface area contributed by atoms with Crippen LogP contribution in [0.25, 0.3) is 0 Å². The van der Waals surface area contributed by atoms with Gasteiger partial charge in [0.2, 0.25) is 11.9 Å². The number of methoxy groups -OCH3 is 1. The molecule has 0 saturated carbocycles. The van der Waals surface area contributed by atoms with Gasteiger partial charge in [-0.3, -0.25) is 0 Å². The minimum Gasteiger partial charge on any atom is -0.467 e. The van der Waals surface area contributed by atoms with E-state index in [9.17, 15) is 4.39 Å². The summed E-state index contributed by atoms with van der Waals surface area (Å²) in [5.41, 5.74) is 0.636. The Bertz CT molecular complexity index is 573. The molecule has 0 spiro atoms. The normalized spacial score (nSPS) is 10.1. The zero-order valence-electron chi connectivity index (χ0n) is 10.2. The van der Waals surface area contributed by atoms with Crippen LogP contribution in [0.15, 0.2) is 22.7 Å². The highest BCUT2D eigenvalue weighted by Gasteiger charge is 2.08. The van der Waals surface area contributed by atoms with Gasteiger partial charge in [0.05, 0.1) is 12.8 Å². The van der Waals surface area contributed by atoms with Crippen molar-refractivity contribution in [3.63, 3.8) is 0 Å². The lowest BCUT2D eigenvalue weighted by Crippen LogP contribution is -2.05. The van der Waals surface area contributed by atoms with Gasteiger partial charge in [-0.1, -0.05) is 0 Å². The zero-order valence-corrected chi connectivity index (χ0v) is 11.8. The lowest BCUT2D eigenvalue weighted by molar-refractivity contribution is 0.379. The quantitative estimate of drug-likeness (QED) is 0.899. The summed E-state index contributed by atoms with van der Waals surface area (Å²) < 4.78 is 18.5. The summed E-state index contributed by atoms with van der Waals surface area (Å²) in [6.45, 7) is 0. The number of anilines is 3. The van der Waals surface area contributed by atoms with Crippen LogP contribution in [0.4, 0.5) is 22.0 Å². The van der Waals surface area contributed by atoms with Crippen molar-refractivity contribution in [2.45, 2.75) is 0 Å². The van der Waals surface area contributed by atoms with Crippen LogP contribution in [0, 0.1) is 5.82 Å². The van der Waals surface area contributed by atoms with Crippen molar-refractivity contribution >= 4 is 33.5 Å². The molecule has 0 aliphatic heterocycles.